The molecule has 214 valence electrons. The molecule has 0 aliphatic carbocycles. The van der Waals surface area contributed by atoms with Crippen LogP contribution in [0.25, 0.3) is 11.0 Å². The minimum atomic E-state index is -0.613. The Bertz CT molecular complexity index is 1540. The molecule has 0 radical (unpaired) electrons. The van der Waals surface area contributed by atoms with Gasteiger partial charge in [0.15, 0.2) is 5.16 Å². The van der Waals surface area contributed by atoms with E-state index in [4.69, 9.17) is 16.3 Å². The zero-order valence-electron chi connectivity index (χ0n) is 23.5. The molecule has 0 saturated carbocycles. The Kier molecular flexibility index (Phi) is 8.71. The van der Waals surface area contributed by atoms with E-state index in [1.807, 2.05) is 34.0 Å². The summed E-state index contributed by atoms with van der Waals surface area (Å²) < 4.78 is 22.9. The number of hydrogen-bond acceptors (Lipinski definition) is 7. The second-order valence-electron chi connectivity index (χ2n) is 11.1. The third kappa shape index (κ3) is 6.08. The highest BCUT2D eigenvalue weighted by Crippen LogP contribution is 2.35. The van der Waals surface area contributed by atoms with E-state index in [0.717, 1.165) is 12.8 Å². The summed E-state index contributed by atoms with van der Waals surface area (Å²) in [5.74, 6) is 0.137. The molecule has 1 aliphatic heterocycles. The van der Waals surface area contributed by atoms with Crippen LogP contribution in [-0.2, 0) is 18.3 Å². The molecule has 1 aromatic carbocycles. The minimum Gasteiger partial charge on any atom is -0.444 e. The van der Waals surface area contributed by atoms with Crippen molar-refractivity contribution in [2.75, 3.05) is 24.2 Å². The normalized spacial score (nSPS) is 16.6. The van der Waals surface area contributed by atoms with Gasteiger partial charge in [-0.2, -0.15) is 5.26 Å². The van der Waals surface area contributed by atoms with Gasteiger partial charge in [-0.15, -0.1) is 0 Å². The molecular weight excluding hydrogens is 555 g/mol. The number of carbonyl (C=O) groups is 1. The van der Waals surface area contributed by atoms with E-state index in [0.29, 0.717) is 40.2 Å². The van der Waals surface area contributed by atoms with Gasteiger partial charge in [-0.05, 0) is 76.5 Å². The van der Waals surface area contributed by atoms with Crippen molar-refractivity contribution in [1.82, 2.24) is 19.4 Å². The van der Waals surface area contributed by atoms with Crippen LogP contribution in [0.4, 0.5) is 15.0 Å². The van der Waals surface area contributed by atoms with Gasteiger partial charge >= 0.3 is 6.09 Å². The Morgan fingerprint density at radius 2 is 2.12 bits per heavy atom. The Hall–Kier alpha value is -3.23. The summed E-state index contributed by atoms with van der Waals surface area (Å²) >= 11 is 7.75. The Morgan fingerprint density at radius 3 is 2.77 bits per heavy atom. The molecule has 1 aliphatic rings. The number of nitrogens with one attached hydrogen (secondary N) is 1. The largest absolute Gasteiger partial charge is 0.444 e. The van der Waals surface area contributed by atoms with Crippen LogP contribution in [0, 0.1) is 23.1 Å². The number of thioether (sulfide) groups is 1. The van der Waals surface area contributed by atoms with E-state index in [-0.39, 0.29) is 35.1 Å². The van der Waals surface area contributed by atoms with Crippen molar-refractivity contribution in [2.24, 2.45) is 13.0 Å². The summed E-state index contributed by atoms with van der Waals surface area (Å²) in [5.41, 5.74) is 0.405. The first-order chi connectivity index (χ1) is 18.8. The highest BCUT2D eigenvalue weighted by Gasteiger charge is 2.33. The molecule has 3 heterocycles. The van der Waals surface area contributed by atoms with Gasteiger partial charge in [-0.3, -0.25) is 9.36 Å². The van der Waals surface area contributed by atoms with Crippen molar-refractivity contribution in [3.8, 4) is 6.07 Å². The van der Waals surface area contributed by atoms with Gasteiger partial charge in [0.05, 0.1) is 6.54 Å². The van der Waals surface area contributed by atoms with E-state index < -0.39 is 17.5 Å². The zero-order chi connectivity index (χ0) is 29.4. The molecule has 4 rings (SSSR count). The molecule has 40 heavy (non-hydrogen) atoms. The van der Waals surface area contributed by atoms with Gasteiger partial charge in [0.2, 0.25) is 0 Å². The van der Waals surface area contributed by atoms with Gasteiger partial charge in [0.1, 0.15) is 39.9 Å². The van der Waals surface area contributed by atoms with Crippen molar-refractivity contribution in [1.29, 1.82) is 5.26 Å². The number of hydrogen-bond donors (Lipinski definition) is 1. The highest BCUT2D eigenvalue weighted by atomic mass is 35.5. The van der Waals surface area contributed by atoms with Gasteiger partial charge in [-0.1, -0.05) is 23.4 Å². The number of anilines is 1. The van der Waals surface area contributed by atoms with Crippen molar-refractivity contribution in [2.45, 2.75) is 63.9 Å². The maximum absolute atomic E-state index is 14.2. The summed E-state index contributed by atoms with van der Waals surface area (Å²) in [6.45, 7) is 8.61. The van der Waals surface area contributed by atoms with E-state index in [1.54, 1.807) is 11.6 Å². The van der Waals surface area contributed by atoms with Crippen LogP contribution in [0.5, 0.6) is 0 Å². The first-order valence-corrected chi connectivity index (χ1v) is 14.7. The van der Waals surface area contributed by atoms with Crippen LogP contribution >= 0.6 is 23.4 Å². The van der Waals surface area contributed by atoms with E-state index in [1.165, 1.54) is 34.5 Å². The fourth-order valence-corrected chi connectivity index (χ4v) is 5.88. The Morgan fingerprint density at radius 1 is 1.40 bits per heavy atom. The average Bonchev–Trinajstić information content (AvgIpc) is 3.20. The number of rotatable bonds is 6. The van der Waals surface area contributed by atoms with Crippen LogP contribution in [0.15, 0.2) is 28.2 Å². The Labute approximate surface area is 242 Å². The maximum Gasteiger partial charge on any atom is 0.407 e. The zero-order valence-corrected chi connectivity index (χ0v) is 25.1. The summed E-state index contributed by atoms with van der Waals surface area (Å²) in [4.78, 5) is 32.8. The number of fused-ring (bicyclic) bond motifs is 1. The van der Waals surface area contributed by atoms with Crippen LogP contribution in [0.1, 0.15) is 51.7 Å². The van der Waals surface area contributed by atoms with Crippen LogP contribution in [0.2, 0.25) is 5.02 Å². The van der Waals surface area contributed by atoms with Crippen LogP contribution < -0.4 is 15.8 Å². The summed E-state index contributed by atoms with van der Waals surface area (Å²) in [7, 11) is 1.64. The molecule has 0 spiro atoms. The summed E-state index contributed by atoms with van der Waals surface area (Å²) in [6, 6.07) is 6.18. The average molecular weight is 589 g/mol. The molecule has 12 heteroatoms. The molecule has 1 saturated heterocycles. The van der Waals surface area contributed by atoms with Gasteiger partial charge in [-0.25, -0.2) is 14.2 Å². The number of nitriles is 1. The topological polar surface area (TPSA) is 105 Å². The number of alkyl carbamates (subject to hydrolysis) is 1. The van der Waals surface area contributed by atoms with Crippen molar-refractivity contribution in [3.63, 3.8) is 0 Å². The number of piperidine rings is 1. The summed E-state index contributed by atoms with van der Waals surface area (Å²) in [5, 5.41) is 14.1. The molecule has 2 atom stereocenters. The summed E-state index contributed by atoms with van der Waals surface area (Å²) in [6.07, 6.45) is 3.00. The molecule has 1 fully saturated rings. The molecular formula is C28H34ClFN6O3S. The number of halogens is 2. The van der Waals surface area contributed by atoms with Gasteiger partial charge < -0.3 is 19.5 Å². The van der Waals surface area contributed by atoms with Crippen LogP contribution in [-0.4, -0.2) is 51.2 Å². The van der Waals surface area contributed by atoms with Crippen molar-refractivity contribution in [3.05, 3.63) is 50.5 Å². The second kappa shape index (κ2) is 11.7. The third-order valence-corrected chi connectivity index (χ3v) is 8.15. The van der Waals surface area contributed by atoms with Gasteiger partial charge in [0, 0.05) is 31.2 Å². The van der Waals surface area contributed by atoms with Crippen molar-refractivity contribution < 1.29 is 13.9 Å². The first-order valence-electron chi connectivity index (χ1n) is 13.1. The smallest absolute Gasteiger partial charge is 0.407 e. The molecule has 1 amide bonds. The lowest BCUT2D eigenvalue weighted by Crippen LogP contribution is -2.48. The number of ether oxygens (including phenoxy) is 1. The number of aromatic nitrogens is 3. The number of carbonyl (C=O) groups excluding carboxylic acids is 1. The quantitative estimate of drug-likeness (QED) is 0.308. The van der Waals surface area contributed by atoms with E-state index in [9.17, 15) is 19.2 Å². The lowest BCUT2D eigenvalue weighted by atomic mass is 9.91. The SMILES string of the molecule is CSc1nc2c(C#N)c(N3CCCC(C(C)NC(=O)OC(C)(C)C)C3)n(Cc3cc(F)ccc3Cl)c2c(=O)n1C. The van der Waals surface area contributed by atoms with Crippen molar-refractivity contribution >= 4 is 46.3 Å². The number of benzene rings is 1. The third-order valence-electron chi connectivity index (χ3n) is 7.05. The molecule has 2 unspecified atom stereocenters. The van der Waals surface area contributed by atoms with E-state index >= 15 is 0 Å². The standard InChI is InChI=1S/C28H34ClFN6O3S/c1-16(32-27(38)39-28(2,3)4)17-8-7-11-35(14-17)24-20(13-31)22-23(25(37)34(5)26(33-22)40-6)36(24)15-18-12-19(30)9-10-21(18)29/h9-10,12,16-17H,7-8,11,14-15H2,1-6H3,(H,32,38). The monoisotopic (exact) mass is 588 g/mol. The molecule has 3 aromatic rings. The predicted molar refractivity (Wildman–Crippen MR) is 156 cm³/mol. The molecule has 1 N–H and O–H groups in total. The fraction of sp³-hybridized carbons (Fsp3) is 0.500. The number of amides is 1. The highest BCUT2D eigenvalue weighted by molar-refractivity contribution is 7.98. The lowest BCUT2D eigenvalue weighted by molar-refractivity contribution is 0.0489. The van der Waals surface area contributed by atoms with Crippen LogP contribution in [0.3, 0.4) is 0 Å². The Balaban J connectivity index is 1.81. The second-order valence-corrected chi connectivity index (χ2v) is 12.3. The molecule has 2 aromatic heterocycles. The maximum atomic E-state index is 14.2. The number of nitrogens with zero attached hydrogens (tertiary/aromatic N) is 5. The lowest BCUT2D eigenvalue weighted by Gasteiger charge is -2.38. The molecule has 0 bridgehead atoms. The minimum absolute atomic E-state index is 0.0505. The predicted octanol–water partition coefficient (Wildman–Crippen LogP) is 5.30. The first kappa shape index (κ1) is 29.7. The van der Waals surface area contributed by atoms with E-state index in [2.05, 4.69) is 21.3 Å². The molecule has 9 nitrogen and oxygen atoms in total. The van der Waals surface area contributed by atoms with Gasteiger partial charge in [0.25, 0.3) is 5.56 Å². The fourth-order valence-electron chi connectivity index (χ4n) is 5.16.